The summed E-state index contributed by atoms with van der Waals surface area (Å²) in [5.41, 5.74) is 0.376. The van der Waals surface area contributed by atoms with Crippen LogP contribution in [0.3, 0.4) is 0 Å². The number of nitrogens with one attached hydrogen (secondary N) is 1. The third-order valence-corrected chi connectivity index (χ3v) is 4.20. The first-order valence-corrected chi connectivity index (χ1v) is 6.66. The van der Waals surface area contributed by atoms with E-state index < -0.39 is 0 Å². The highest BCUT2D eigenvalue weighted by Gasteiger charge is 2.45. The maximum absolute atomic E-state index is 12.2. The molecule has 0 aromatic heterocycles. The van der Waals surface area contributed by atoms with Gasteiger partial charge in [0.2, 0.25) is 5.91 Å². The van der Waals surface area contributed by atoms with Gasteiger partial charge in [0, 0.05) is 26.8 Å². The lowest BCUT2D eigenvalue weighted by atomic mass is 9.98. The molecule has 0 aromatic carbocycles. The maximum Gasteiger partial charge on any atom is 0.239 e. The SMILES string of the molecule is CNC1CCCN(CC2(CCOC)CC2)C1=O. The maximum atomic E-state index is 12.2. The Kier molecular flexibility index (Phi) is 4.05. The zero-order valence-electron chi connectivity index (χ0n) is 11.0. The topological polar surface area (TPSA) is 41.6 Å². The number of hydrogen-bond donors (Lipinski definition) is 1. The van der Waals surface area contributed by atoms with Crippen molar-refractivity contribution in [2.45, 2.75) is 38.1 Å². The normalized spacial score (nSPS) is 27.3. The van der Waals surface area contributed by atoms with Crippen LogP contribution in [-0.4, -0.2) is 50.7 Å². The molecule has 1 saturated heterocycles. The van der Waals surface area contributed by atoms with Gasteiger partial charge in [0.15, 0.2) is 0 Å². The molecule has 17 heavy (non-hydrogen) atoms. The summed E-state index contributed by atoms with van der Waals surface area (Å²) in [4.78, 5) is 14.2. The van der Waals surface area contributed by atoms with Gasteiger partial charge in [-0.25, -0.2) is 0 Å². The Morgan fingerprint density at radius 1 is 1.53 bits per heavy atom. The van der Waals surface area contributed by atoms with Crippen molar-refractivity contribution in [1.82, 2.24) is 10.2 Å². The van der Waals surface area contributed by atoms with E-state index in [0.29, 0.717) is 11.3 Å². The molecule has 1 heterocycles. The minimum absolute atomic E-state index is 0.0435. The van der Waals surface area contributed by atoms with Crippen LogP contribution in [0.25, 0.3) is 0 Å². The molecule has 4 heteroatoms. The van der Waals surface area contributed by atoms with Gasteiger partial charge in [-0.1, -0.05) is 0 Å². The Hall–Kier alpha value is -0.610. The van der Waals surface area contributed by atoms with Crippen LogP contribution in [0.15, 0.2) is 0 Å². The van der Waals surface area contributed by atoms with Crippen LogP contribution in [-0.2, 0) is 9.53 Å². The number of carbonyl (C=O) groups excluding carboxylic acids is 1. The van der Waals surface area contributed by atoms with E-state index >= 15 is 0 Å². The van der Waals surface area contributed by atoms with Gasteiger partial charge in [-0.05, 0) is 44.6 Å². The Balaban J connectivity index is 1.87. The second kappa shape index (κ2) is 5.36. The van der Waals surface area contributed by atoms with E-state index in [1.165, 1.54) is 12.8 Å². The summed E-state index contributed by atoms with van der Waals surface area (Å²) < 4.78 is 5.16. The number of ether oxygens (including phenoxy) is 1. The average molecular weight is 240 g/mol. The highest BCUT2D eigenvalue weighted by Crippen LogP contribution is 2.49. The summed E-state index contributed by atoms with van der Waals surface area (Å²) in [6.45, 7) is 2.69. The Morgan fingerprint density at radius 3 is 2.88 bits per heavy atom. The molecule has 98 valence electrons. The Morgan fingerprint density at radius 2 is 2.29 bits per heavy atom. The minimum atomic E-state index is 0.0435. The van der Waals surface area contributed by atoms with Gasteiger partial charge in [0.1, 0.15) is 0 Å². The molecule has 1 aliphatic carbocycles. The van der Waals surface area contributed by atoms with Gasteiger partial charge in [0.25, 0.3) is 0 Å². The third kappa shape index (κ3) is 2.99. The van der Waals surface area contributed by atoms with E-state index in [2.05, 4.69) is 10.2 Å². The second-order valence-corrected chi connectivity index (χ2v) is 5.49. The van der Waals surface area contributed by atoms with Crippen LogP contribution in [0.5, 0.6) is 0 Å². The van der Waals surface area contributed by atoms with Crippen LogP contribution >= 0.6 is 0 Å². The fraction of sp³-hybridized carbons (Fsp3) is 0.923. The summed E-state index contributed by atoms with van der Waals surface area (Å²) >= 11 is 0. The van der Waals surface area contributed by atoms with Crippen LogP contribution in [0.4, 0.5) is 0 Å². The fourth-order valence-electron chi connectivity index (χ4n) is 2.75. The molecule has 0 aromatic rings. The van der Waals surface area contributed by atoms with E-state index in [1.54, 1.807) is 7.11 Å². The lowest BCUT2D eigenvalue weighted by Crippen LogP contribution is -2.51. The molecule has 4 nitrogen and oxygen atoms in total. The van der Waals surface area contributed by atoms with E-state index in [4.69, 9.17) is 4.74 Å². The largest absolute Gasteiger partial charge is 0.385 e. The van der Waals surface area contributed by atoms with Crippen molar-refractivity contribution >= 4 is 5.91 Å². The van der Waals surface area contributed by atoms with Crippen molar-refractivity contribution < 1.29 is 9.53 Å². The first-order chi connectivity index (χ1) is 8.21. The van der Waals surface area contributed by atoms with E-state index in [-0.39, 0.29) is 6.04 Å². The zero-order valence-corrected chi connectivity index (χ0v) is 11.0. The highest BCUT2D eigenvalue weighted by atomic mass is 16.5. The fourth-order valence-corrected chi connectivity index (χ4v) is 2.75. The molecular formula is C13H24N2O2. The highest BCUT2D eigenvalue weighted by molar-refractivity contribution is 5.82. The molecule has 2 aliphatic rings. The van der Waals surface area contributed by atoms with Gasteiger partial charge < -0.3 is 15.0 Å². The molecule has 1 aliphatic heterocycles. The number of piperidine rings is 1. The van der Waals surface area contributed by atoms with Crippen LogP contribution < -0.4 is 5.32 Å². The molecule has 1 unspecified atom stereocenters. The second-order valence-electron chi connectivity index (χ2n) is 5.49. The van der Waals surface area contributed by atoms with E-state index in [0.717, 1.165) is 39.0 Å². The number of nitrogens with zero attached hydrogens (tertiary/aromatic N) is 1. The van der Waals surface area contributed by atoms with Crippen molar-refractivity contribution in [1.29, 1.82) is 0 Å². The van der Waals surface area contributed by atoms with E-state index in [1.807, 2.05) is 7.05 Å². The number of hydrogen-bond acceptors (Lipinski definition) is 3. The van der Waals surface area contributed by atoms with Crippen molar-refractivity contribution in [2.24, 2.45) is 5.41 Å². The Labute approximate surface area is 104 Å². The number of rotatable bonds is 6. The average Bonchev–Trinajstić information content (AvgIpc) is 3.10. The number of likely N-dealkylation sites (N-methyl/N-ethyl adjacent to an activating group) is 1. The smallest absolute Gasteiger partial charge is 0.239 e. The minimum Gasteiger partial charge on any atom is -0.385 e. The molecular weight excluding hydrogens is 216 g/mol. The summed E-state index contributed by atoms with van der Waals surface area (Å²) in [6, 6.07) is 0.0435. The molecule has 2 rings (SSSR count). The van der Waals surface area contributed by atoms with Crippen LogP contribution in [0.2, 0.25) is 0 Å². The van der Waals surface area contributed by atoms with Gasteiger partial charge in [-0.15, -0.1) is 0 Å². The molecule has 0 radical (unpaired) electrons. The lowest BCUT2D eigenvalue weighted by molar-refractivity contribution is -0.136. The number of amides is 1. The number of carbonyl (C=O) groups is 1. The predicted molar refractivity (Wildman–Crippen MR) is 66.8 cm³/mol. The summed E-state index contributed by atoms with van der Waals surface area (Å²) in [7, 11) is 3.63. The summed E-state index contributed by atoms with van der Waals surface area (Å²) in [5, 5.41) is 3.12. The molecule has 1 atom stereocenters. The summed E-state index contributed by atoms with van der Waals surface area (Å²) in [5.74, 6) is 0.294. The Bertz CT molecular complexity index is 277. The quantitative estimate of drug-likeness (QED) is 0.753. The summed E-state index contributed by atoms with van der Waals surface area (Å²) in [6.07, 6.45) is 5.71. The number of likely N-dealkylation sites (tertiary alicyclic amines) is 1. The van der Waals surface area contributed by atoms with Crippen molar-refractivity contribution in [3.8, 4) is 0 Å². The van der Waals surface area contributed by atoms with Gasteiger partial charge >= 0.3 is 0 Å². The molecule has 1 amide bonds. The van der Waals surface area contributed by atoms with Crippen molar-refractivity contribution in [3.63, 3.8) is 0 Å². The predicted octanol–water partition coefficient (Wildman–Crippen LogP) is 1.01. The van der Waals surface area contributed by atoms with Gasteiger partial charge in [0.05, 0.1) is 6.04 Å². The number of methoxy groups -OCH3 is 1. The van der Waals surface area contributed by atoms with E-state index in [9.17, 15) is 4.79 Å². The molecule has 1 saturated carbocycles. The zero-order chi connectivity index (χ0) is 12.3. The molecule has 2 fully saturated rings. The van der Waals surface area contributed by atoms with Crippen molar-refractivity contribution in [2.75, 3.05) is 33.9 Å². The van der Waals surface area contributed by atoms with Crippen LogP contribution in [0.1, 0.15) is 32.1 Å². The van der Waals surface area contributed by atoms with Crippen LogP contribution in [0, 0.1) is 5.41 Å². The lowest BCUT2D eigenvalue weighted by Gasteiger charge is -2.34. The first-order valence-electron chi connectivity index (χ1n) is 6.66. The van der Waals surface area contributed by atoms with Gasteiger partial charge in [-0.3, -0.25) is 4.79 Å². The molecule has 1 N–H and O–H groups in total. The third-order valence-electron chi connectivity index (χ3n) is 4.20. The standard InChI is InChI=1S/C13H24N2O2/c1-14-11-4-3-8-15(12(11)16)10-13(5-6-13)7-9-17-2/h11,14H,3-10H2,1-2H3. The van der Waals surface area contributed by atoms with Gasteiger partial charge in [-0.2, -0.15) is 0 Å². The molecule has 0 spiro atoms. The van der Waals surface area contributed by atoms with Crippen molar-refractivity contribution in [3.05, 3.63) is 0 Å². The first kappa shape index (κ1) is 12.8. The monoisotopic (exact) mass is 240 g/mol. The molecule has 0 bridgehead atoms.